The van der Waals surface area contributed by atoms with E-state index in [1.165, 1.54) is 0 Å². The van der Waals surface area contributed by atoms with Gasteiger partial charge in [0.05, 0.1) is 17.6 Å². The third-order valence-electron chi connectivity index (χ3n) is 5.97. The monoisotopic (exact) mass is 445 g/mol. The molecule has 3 N–H and O–H groups in total. The van der Waals surface area contributed by atoms with Crippen molar-refractivity contribution in [1.29, 1.82) is 0 Å². The molecule has 0 radical (unpaired) electrons. The van der Waals surface area contributed by atoms with Gasteiger partial charge < -0.3 is 20.9 Å². The zero-order chi connectivity index (χ0) is 23.0. The molecule has 2 heterocycles. The number of amides is 3. The van der Waals surface area contributed by atoms with Crippen LogP contribution < -0.4 is 16.0 Å². The van der Waals surface area contributed by atoms with Crippen molar-refractivity contribution in [2.45, 2.75) is 32.2 Å². The third-order valence-corrected chi connectivity index (χ3v) is 5.97. The van der Waals surface area contributed by atoms with Crippen LogP contribution in [0.15, 0.2) is 60.7 Å². The summed E-state index contributed by atoms with van der Waals surface area (Å²) in [4.78, 5) is 31.5. The molecule has 0 atom stereocenters. The number of hydrogen-bond acceptors (Lipinski definition) is 4. The minimum Gasteiger partial charge on any atom is -0.353 e. The molecule has 1 saturated heterocycles. The third kappa shape index (κ3) is 6.52. The van der Waals surface area contributed by atoms with Crippen LogP contribution in [-0.2, 0) is 11.2 Å². The maximum Gasteiger partial charge on any atom is 0.319 e. The summed E-state index contributed by atoms with van der Waals surface area (Å²) < 4.78 is 0. The average molecular weight is 446 g/mol. The van der Waals surface area contributed by atoms with Crippen LogP contribution >= 0.6 is 0 Å². The highest BCUT2D eigenvalue weighted by molar-refractivity contribution is 6.00. The number of carbonyl (C=O) groups excluding carboxylic acids is 2. The number of aromatic nitrogens is 1. The minimum absolute atomic E-state index is 0.0804. The predicted octanol–water partition coefficient (Wildman–Crippen LogP) is 3.49. The van der Waals surface area contributed by atoms with Gasteiger partial charge in [0.15, 0.2) is 0 Å². The number of rotatable bonds is 7. The summed E-state index contributed by atoms with van der Waals surface area (Å²) in [5.41, 5.74) is 3.53. The van der Waals surface area contributed by atoms with Gasteiger partial charge in [-0.05, 0) is 37.5 Å². The van der Waals surface area contributed by atoms with Gasteiger partial charge in [0, 0.05) is 43.3 Å². The molecule has 3 aromatic rings. The van der Waals surface area contributed by atoms with Crippen LogP contribution in [-0.4, -0.2) is 54.0 Å². The molecule has 33 heavy (non-hydrogen) atoms. The van der Waals surface area contributed by atoms with E-state index < -0.39 is 0 Å². The number of benzene rings is 2. The van der Waals surface area contributed by atoms with Gasteiger partial charge >= 0.3 is 6.03 Å². The summed E-state index contributed by atoms with van der Waals surface area (Å²) in [5, 5.41) is 9.99. The molecule has 1 fully saturated rings. The van der Waals surface area contributed by atoms with Crippen molar-refractivity contribution in [2.75, 3.05) is 31.5 Å². The van der Waals surface area contributed by atoms with Crippen LogP contribution in [0.3, 0.4) is 0 Å². The van der Waals surface area contributed by atoms with E-state index in [9.17, 15) is 9.59 Å². The first-order valence-electron chi connectivity index (χ1n) is 11.5. The van der Waals surface area contributed by atoms with E-state index in [-0.39, 0.29) is 18.0 Å². The number of piperidine rings is 1. The smallest absolute Gasteiger partial charge is 0.319 e. The van der Waals surface area contributed by atoms with E-state index in [1.54, 1.807) is 0 Å². The molecular formula is C26H31N5O2. The second-order valence-electron chi connectivity index (χ2n) is 8.56. The van der Waals surface area contributed by atoms with Crippen molar-refractivity contribution in [3.05, 3.63) is 71.9 Å². The Morgan fingerprint density at radius 2 is 1.76 bits per heavy atom. The fourth-order valence-corrected chi connectivity index (χ4v) is 4.27. The summed E-state index contributed by atoms with van der Waals surface area (Å²) in [6, 6.07) is 19.5. The Bertz CT molecular complexity index is 1090. The second-order valence-corrected chi connectivity index (χ2v) is 8.56. The lowest BCUT2D eigenvalue weighted by Gasteiger charge is -2.32. The van der Waals surface area contributed by atoms with Crippen LogP contribution in [0.5, 0.6) is 0 Å². The standard InChI is InChI=1S/C26H31N5O2/c1-19-17-24(22-9-5-6-10-23(22)28-19)30-26(33)27-13-16-31-14-11-21(12-15-31)29-25(32)18-20-7-3-2-4-8-20/h2-10,17,21H,11-16,18H2,1H3,(H,29,32)(H2,27,28,30,33). The second kappa shape index (κ2) is 10.9. The summed E-state index contributed by atoms with van der Waals surface area (Å²) in [7, 11) is 0. The number of aryl methyl sites for hydroxylation is 1. The fraction of sp³-hybridized carbons (Fsp3) is 0.346. The minimum atomic E-state index is -0.214. The van der Waals surface area contributed by atoms with E-state index in [0.717, 1.165) is 60.3 Å². The van der Waals surface area contributed by atoms with Crippen LogP contribution in [0.2, 0.25) is 0 Å². The number of urea groups is 1. The van der Waals surface area contributed by atoms with Crippen LogP contribution in [0.1, 0.15) is 24.1 Å². The lowest BCUT2D eigenvalue weighted by atomic mass is 10.0. The Labute approximate surface area is 194 Å². The zero-order valence-corrected chi connectivity index (χ0v) is 19.0. The first kappa shape index (κ1) is 22.7. The number of nitrogens with one attached hydrogen (secondary N) is 3. The molecule has 4 rings (SSSR count). The number of carbonyl (C=O) groups is 2. The first-order valence-corrected chi connectivity index (χ1v) is 11.5. The molecule has 1 aliphatic rings. The first-order chi connectivity index (χ1) is 16.1. The molecule has 7 nitrogen and oxygen atoms in total. The molecule has 0 unspecified atom stereocenters. The lowest BCUT2D eigenvalue weighted by molar-refractivity contribution is -0.121. The van der Waals surface area contributed by atoms with Crippen molar-refractivity contribution < 1.29 is 9.59 Å². The van der Waals surface area contributed by atoms with E-state index in [4.69, 9.17) is 0 Å². The molecule has 1 aliphatic heterocycles. The lowest BCUT2D eigenvalue weighted by Crippen LogP contribution is -2.47. The number of anilines is 1. The molecule has 0 bridgehead atoms. The number of likely N-dealkylation sites (tertiary alicyclic amines) is 1. The maximum absolute atomic E-state index is 12.4. The van der Waals surface area contributed by atoms with Crippen LogP contribution in [0, 0.1) is 6.92 Å². The van der Waals surface area contributed by atoms with Crippen LogP contribution in [0.4, 0.5) is 10.5 Å². The molecule has 3 amide bonds. The van der Waals surface area contributed by atoms with Gasteiger partial charge in [-0.25, -0.2) is 4.79 Å². The quantitative estimate of drug-likeness (QED) is 0.520. The van der Waals surface area contributed by atoms with Crippen molar-refractivity contribution >= 4 is 28.5 Å². The van der Waals surface area contributed by atoms with E-state index in [1.807, 2.05) is 67.6 Å². The maximum atomic E-state index is 12.4. The molecule has 0 aliphatic carbocycles. The van der Waals surface area contributed by atoms with Gasteiger partial charge in [0.2, 0.25) is 5.91 Å². The number of hydrogen-bond donors (Lipinski definition) is 3. The van der Waals surface area contributed by atoms with Crippen molar-refractivity contribution in [1.82, 2.24) is 20.5 Å². The highest BCUT2D eigenvalue weighted by Gasteiger charge is 2.20. The van der Waals surface area contributed by atoms with E-state index in [0.29, 0.717) is 13.0 Å². The van der Waals surface area contributed by atoms with Gasteiger partial charge in [0.25, 0.3) is 0 Å². The fourth-order valence-electron chi connectivity index (χ4n) is 4.27. The summed E-state index contributed by atoms with van der Waals surface area (Å²) in [6.07, 6.45) is 2.27. The van der Waals surface area contributed by atoms with Crippen molar-refractivity contribution in [3.8, 4) is 0 Å². The highest BCUT2D eigenvalue weighted by Crippen LogP contribution is 2.22. The Hall–Kier alpha value is -3.45. The number of pyridine rings is 1. The van der Waals surface area contributed by atoms with E-state index in [2.05, 4.69) is 25.8 Å². The van der Waals surface area contributed by atoms with Crippen LogP contribution in [0.25, 0.3) is 10.9 Å². The SMILES string of the molecule is Cc1cc(NC(=O)NCCN2CCC(NC(=O)Cc3ccccc3)CC2)c2ccccc2n1. The molecular weight excluding hydrogens is 414 g/mol. The molecule has 1 aromatic heterocycles. The molecule has 0 spiro atoms. The van der Waals surface area contributed by atoms with Gasteiger partial charge in [-0.1, -0.05) is 48.5 Å². The number of fused-ring (bicyclic) bond motifs is 1. The summed E-state index contributed by atoms with van der Waals surface area (Å²) in [6.45, 7) is 5.10. The number of para-hydroxylation sites is 1. The number of nitrogens with zero attached hydrogens (tertiary/aromatic N) is 2. The molecule has 172 valence electrons. The molecule has 7 heteroatoms. The van der Waals surface area contributed by atoms with Gasteiger partial charge in [-0.15, -0.1) is 0 Å². The predicted molar refractivity (Wildman–Crippen MR) is 131 cm³/mol. The topological polar surface area (TPSA) is 86.4 Å². The Kier molecular flexibility index (Phi) is 7.52. The molecule has 0 saturated carbocycles. The average Bonchev–Trinajstić information content (AvgIpc) is 2.81. The summed E-state index contributed by atoms with van der Waals surface area (Å²) in [5.74, 6) is 0.0804. The van der Waals surface area contributed by atoms with Crippen molar-refractivity contribution in [2.24, 2.45) is 0 Å². The van der Waals surface area contributed by atoms with Gasteiger partial charge in [-0.3, -0.25) is 9.78 Å². The Balaban J connectivity index is 1.16. The zero-order valence-electron chi connectivity index (χ0n) is 19.0. The van der Waals surface area contributed by atoms with Gasteiger partial charge in [0.1, 0.15) is 0 Å². The Morgan fingerprint density at radius 1 is 1.03 bits per heavy atom. The van der Waals surface area contributed by atoms with E-state index >= 15 is 0 Å². The highest BCUT2D eigenvalue weighted by atomic mass is 16.2. The normalized spacial score (nSPS) is 14.7. The Morgan fingerprint density at radius 3 is 2.55 bits per heavy atom. The van der Waals surface area contributed by atoms with Crippen molar-refractivity contribution in [3.63, 3.8) is 0 Å². The largest absolute Gasteiger partial charge is 0.353 e. The summed E-state index contributed by atoms with van der Waals surface area (Å²) >= 11 is 0. The van der Waals surface area contributed by atoms with Gasteiger partial charge in [-0.2, -0.15) is 0 Å². The molecule has 2 aromatic carbocycles.